The van der Waals surface area contributed by atoms with Crippen molar-refractivity contribution in [2.75, 3.05) is 0 Å². The molecule has 0 atom stereocenters. The first-order chi connectivity index (χ1) is 13.1. The van der Waals surface area contributed by atoms with Crippen LogP contribution in [0.3, 0.4) is 0 Å². The Kier molecular flexibility index (Phi) is 5.39. The number of aromatic hydroxyl groups is 1. The zero-order valence-electron chi connectivity index (χ0n) is 18.0. The van der Waals surface area contributed by atoms with E-state index in [2.05, 4.69) is 114 Å². The Morgan fingerprint density at radius 3 is 1.25 bits per heavy atom. The molecule has 0 fully saturated rings. The van der Waals surface area contributed by atoms with Gasteiger partial charge < -0.3 is 5.11 Å². The van der Waals surface area contributed by atoms with Crippen LogP contribution in [-0.4, -0.2) is 5.11 Å². The Hall–Kier alpha value is -2.54. The lowest BCUT2D eigenvalue weighted by atomic mass is 9.75. The smallest absolute Gasteiger partial charge is 0.123 e. The van der Waals surface area contributed by atoms with E-state index >= 15 is 0 Å². The number of rotatable bonds is 3. The van der Waals surface area contributed by atoms with Crippen LogP contribution in [0.5, 0.6) is 5.75 Å². The summed E-state index contributed by atoms with van der Waals surface area (Å²) >= 11 is 0. The van der Waals surface area contributed by atoms with Gasteiger partial charge in [-0.15, -0.1) is 0 Å². The lowest BCUT2D eigenvalue weighted by Gasteiger charge is -2.30. The molecule has 0 aliphatic heterocycles. The highest BCUT2D eigenvalue weighted by atomic mass is 16.3. The number of hydrogen-bond acceptors (Lipinski definition) is 1. The second kappa shape index (κ2) is 7.47. The Bertz CT molecular complexity index is 851. The summed E-state index contributed by atoms with van der Waals surface area (Å²) in [6, 6.07) is 25.7. The minimum absolute atomic E-state index is 0.130. The van der Waals surface area contributed by atoms with Gasteiger partial charge >= 0.3 is 0 Å². The summed E-state index contributed by atoms with van der Waals surface area (Å²) in [6.07, 6.45) is 0. The van der Waals surface area contributed by atoms with Gasteiger partial charge in [-0.25, -0.2) is 0 Å². The van der Waals surface area contributed by atoms with E-state index in [0.29, 0.717) is 5.75 Å². The van der Waals surface area contributed by atoms with Crippen LogP contribution in [0, 0.1) is 0 Å². The summed E-state index contributed by atoms with van der Waals surface area (Å²) < 4.78 is 0. The number of hydrogen-bond donors (Lipinski definition) is 1. The molecule has 0 aliphatic rings. The number of benzene rings is 3. The summed E-state index contributed by atoms with van der Waals surface area (Å²) in [6.45, 7) is 13.0. The Balaban J connectivity index is 2.32. The minimum atomic E-state index is -0.141. The summed E-state index contributed by atoms with van der Waals surface area (Å²) in [7, 11) is 0. The standard InChI is InChI=1S/C27H32O/c1-26(2,3)22-17-21(18-23(25(22)28)27(4,5)6)24(19-13-9-7-10-14-19)20-15-11-8-12-16-20/h7-18,24,28H,1-6H3. The van der Waals surface area contributed by atoms with Crippen molar-refractivity contribution in [1.29, 1.82) is 0 Å². The van der Waals surface area contributed by atoms with Gasteiger partial charge in [0.25, 0.3) is 0 Å². The second-order valence-corrected chi connectivity index (χ2v) is 9.72. The van der Waals surface area contributed by atoms with Gasteiger partial charge in [0.15, 0.2) is 0 Å². The molecule has 0 saturated heterocycles. The summed E-state index contributed by atoms with van der Waals surface area (Å²) in [4.78, 5) is 0. The predicted molar refractivity (Wildman–Crippen MR) is 119 cm³/mol. The van der Waals surface area contributed by atoms with Crippen molar-refractivity contribution < 1.29 is 5.11 Å². The average molecular weight is 373 g/mol. The summed E-state index contributed by atoms with van der Waals surface area (Å²) in [5.74, 6) is 0.564. The van der Waals surface area contributed by atoms with Gasteiger partial charge in [-0.05, 0) is 38.6 Å². The molecule has 0 aromatic heterocycles. The Labute approximate surface area is 170 Å². The molecule has 0 spiro atoms. The maximum atomic E-state index is 11.1. The normalized spacial score (nSPS) is 12.4. The molecule has 1 nitrogen and oxygen atoms in total. The molecule has 1 N–H and O–H groups in total. The highest BCUT2D eigenvalue weighted by Crippen LogP contribution is 2.43. The zero-order chi connectivity index (χ0) is 20.5. The molecular formula is C27H32O. The first-order valence-electron chi connectivity index (χ1n) is 10.1. The van der Waals surface area contributed by atoms with E-state index in [1.807, 2.05) is 0 Å². The summed E-state index contributed by atoms with van der Waals surface area (Å²) in [5.41, 5.74) is 5.48. The van der Waals surface area contributed by atoms with Crippen molar-refractivity contribution >= 4 is 0 Å². The second-order valence-electron chi connectivity index (χ2n) is 9.72. The topological polar surface area (TPSA) is 20.2 Å². The van der Waals surface area contributed by atoms with Crippen molar-refractivity contribution in [1.82, 2.24) is 0 Å². The van der Waals surface area contributed by atoms with Crippen LogP contribution in [0.4, 0.5) is 0 Å². The van der Waals surface area contributed by atoms with Gasteiger partial charge in [0, 0.05) is 5.92 Å². The van der Waals surface area contributed by atoms with Gasteiger partial charge in [0.1, 0.15) is 5.75 Å². The first kappa shape index (κ1) is 20.2. The van der Waals surface area contributed by atoms with E-state index in [-0.39, 0.29) is 16.7 Å². The van der Waals surface area contributed by atoms with Crippen LogP contribution in [0.1, 0.15) is 75.3 Å². The first-order valence-corrected chi connectivity index (χ1v) is 10.1. The molecule has 3 rings (SSSR count). The van der Waals surface area contributed by atoms with E-state index < -0.39 is 0 Å². The molecule has 146 valence electrons. The molecule has 0 amide bonds. The van der Waals surface area contributed by atoms with Crippen LogP contribution in [0.2, 0.25) is 0 Å². The summed E-state index contributed by atoms with van der Waals surface area (Å²) in [5, 5.41) is 11.1. The van der Waals surface area contributed by atoms with Crippen molar-refractivity contribution in [3.8, 4) is 5.75 Å². The van der Waals surface area contributed by atoms with Crippen LogP contribution >= 0.6 is 0 Å². The van der Waals surface area contributed by atoms with Crippen molar-refractivity contribution in [2.24, 2.45) is 0 Å². The predicted octanol–water partition coefficient (Wildman–Crippen LogP) is 7.17. The third kappa shape index (κ3) is 4.14. The molecule has 0 saturated carbocycles. The molecule has 3 aromatic carbocycles. The quantitative estimate of drug-likeness (QED) is 0.483. The Morgan fingerprint density at radius 1 is 0.571 bits per heavy atom. The van der Waals surface area contributed by atoms with Gasteiger partial charge in [0.2, 0.25) is 0 Å². The molecular weight excluding hydrogens is 340 g/mol. The van der Waals surface area contributed by atoms with E-state index in [1.54, 1.807) is 0 Å². The SMILES string of the molecule is CC(C)(C)c1cc(C(c2ccccc2)c2ccccc2)cc(C(C)(C)C)c1O. The van der Waals surface area contributed by atoms with Crippen molar-refractivity contribution in [3.63, 3.8) is 0 Å². The largest absolute Gasteiger partial charge is 0.507 e. The molecule has 1 heteroatoms. The van der Waals surface area contributed by atoms with Gasteiger partial charge in [-0.3, -0.25) is 0 Å². The van der Waals surface area contributed by atoms with E-state index in [9.17, 15) is 5.11 Å². The molecule has 3 aromatic rings. The Morgan fingerprint density at radius 2 is 0.929 bits per heavy atom. The molecule has 0 radical (unpaired) electrons. The highest BCUT2D eigenvalue weighted by Gasteiger charge is 2.29. The average Bonchev–Trinajstić information content (AvgIpc) is 2.63. The van der Waals surface area contributed by atoms with Gasteiger partial charge in [0.05, 0.1) is 0 Å². The van der Waals surface area contributed by atoms with Crippen LogP contribution < -0.4 is 0 Å². The molecule has 0 unspecified atom stereocenters. The van der Waals surface area contributed by atoms with Crippen molar-refractivity contribution in [2.45, 2.75) is 58.3 Å². The third-order valence-electron chi connectivity index (χ3n) is 5.35. The van der Waals surface area contributed by atoms with E-state index in [1.165, 1.54) is 16.7 Å². The van der Waals surface area contributed by atoms with Gasteiger partial charge in [-0.1, -0.05) is 114 Å². The fourth-order valence-electron chi connectivity index (χ4n) is 3.84. The maximum Gasteiger partial charge on any atom is 0.123 e. The lowest BCUT2D eigenvalue weighted by molar-refractivity contribution is 0.422. The number of phenols is 1. The van der Waals surface area contributed by atoms with Crippen LogP contribution in [-0.2, 0) is 10.8 Å². The van der Waals surface area contributed by atoms with Crippen LogP contribution in [0.25, 0.3) is 0 Å². The molecule has 0 aliphatic carbocycles. The monoisotopic (exact) mass is 372 g/mol. The van der Waals surface area contributed by atoms with Crippen molar-refractivity contribution in [3.05, 3.63) is 101 Å². The fraction of sp³-hybridized carbons (Fsp3) is 0.333. The zero-order valence-corrected chi connectivity index (χ0v) is 18.0. The lowest BCUT2D eigenvalue weighted by Crippen LogP contribution is -2.19. The fourth-order valence-corrected chi connectivity index (χ4v) is 3.84. The molecule has 28 heavy (non-hydrogen) atoms. The third-order valence-corrected chi connectivity index (χ3v) is 5.35. The molecule has 0 bridgehead atoms. The van der Waals surface area contributed by atoms with Crippen LogP contribution in [0.15, 0.2) is 72.8 Å². The van der Waals surface area contributed by atoms with Gasteiger partial charge in [-0.2, -0.15) is 0 Å². The van der Waals surface area contributed by atoms with E-state index in [4.69, 9.17) is 0 Å². The maximum absolute atomic E-state index is 11.1. The minimum Gasteiger partial charge on any atom is -0.507 e. The molecule has 0 heterocycles. The van der Waals surface area contributed by atoms with E-state index in [0.717, 1.165) is 11.1 Å². The number of phenolic OH excluding ortho intramolecular Hbond substituents is 1. The highest BCUT2D eigenvalue weighted by molar-refractivity contribution is 5.54.